The Morgan fingerprint density at radius 1 is 1.28 bits per heavy atom. The van der Waals surface area contributed by atoms with Crippen molar-refractivity contribution in [2.75, 3.05) is 11.9 Å². The van der Waals surface area contributed by atoms with E-state index >= 15 is 0 Å². The van der Waals surface area contributed by atoms with Crippen molar-refractivity contribution < 1.29 is 28.4 Å². The Bertz CT molecular complexity index is 857. The van der Waals surface area contributed by atoms with Crippen LogP contribution in [-0.4, -0.2) is 56.1 Å². The minimum atomic E-state index is -1.09. The van der Waals surface area contributed by atoms with Crippen molar-refractivity contribution in [1.29, 1.82) is 0 Å². The maximum atomic E-state index is 12.9. The normalized spacial score (nSPS) is 33.7. The number of amides is 3. The van der Waals surface area contributed by atoms with Gasteiger partial charge in [0.1, 0.15) is 11.8 Å². The lowest BCUT2D eigenvalue weighted by atomic mass is 9.81. The number of nitrogens with one attached hydrogen (secondary N) is 1. The number of nitrogens with zero attached hydrogens (tertiary/aromatic N) is 2. The summed E-state index contributed by atoms with van der Waals surface area (Å²) in [5.41, 5.74) is 0. The number of aromatic nitrogens is 1. The van der Waals surface area contributed by atoms with Gasteiger partial charge in [-0.3, -0.25) is 19.3 Å². The molecule has 3 aliphatic rings. The van der Waals surface area contributed by atoms with Gasteiger partial charge in [-0.2, -0.15) is 0 Å². The summed E-state index contributed by atoms with van der Waals surface area (Å²) in [4.78, 5) is 51.4. The number of likely N-dealkylation sites (tertiary alicyclic amines) is 1. The van der Waals surface area contributed by atoms with E-state index in [9.17, 15) is 19.2 Å². The Labute approximate surface area is 183 Å². The molecule has 1 aromatic heterocycles. The summed E-state index contributed by atoms with van der Waals surface area (Å²) >= 11 is 7.25. The van der Waals surface area contributed by atoms with Gasteiger partial charge in [-0.05, 0) is 32.1 Å². The van der Waals surface area contributed by atoms with Gasteiger partial charge in [0.15, 0.2) is 12.4 Å². The number of aryl methyl sites for hydroxylation is 1. The number of halogens is 2. The highest BCUT2D eigenvalue weighted by Crippen LogP contribution is 2.60. The standard InChI is InChI=1S/C18H19Br2N3O6/c1-6-3-10(22-29-6)21-11(24)5-28-18(27)7(2)23-16(25)12-8-4-9(13(12)17(23)26)15(20)14(8)19/h3,7-9,12-15H,4-5H2,1-2H3,(H,21,22,24)/t7-,8+,9+,12+,13+,14-,15+/m0/s1. The number of ether oxygens (including phenoxy) is 1. The molecule has 156 valence electrons. The number of rotatable bonds is 5. The molecule has 2 saturated carbocycles. The summed E-state index contributed by atoms with van der Waals surface area (Å²) in [6, 6.07) is 0.426. The number of alkyl halides is 2. The van der Waals surface area contributed by atoms with Crippen molar-refractivity contribution in [2.24, 2.45) is 23.7 Å². The first-order chi connectivity index (χ1) is 13.7. The van der Waals surface area contributed by atoms with E-state index in [0.717, 1.165) is 11.3 Å². The quantitative estimate of drug-likeness (QED) is 0.348. The van der Waals surface area contributed by atoms with Crippen molar-refractivity contribution in [3.63, 3.8) is 0 Å². The number of imide groups is 1. The highest BCUT2D eigenvalue weighted by Gasteiger charge is 2.67. The molecule has 1 saturated heterocycles. The third-order valence-electron chi connectivity index (χ3n) is 5.99. The molecule has 0 radical (unpaired) electrons. The van der Waals surface area contributed by atoms with Crippen molar-refractivity contribution >= 4 is 61.4 Å². The first-order valence-electron chi connectivity index (χ1n) is 9.25. The first kappa shape index (κ1) is 20.5. The van der Waals surface area contributed by atoms with Crippen molar-refractivity contribution in [1.82, 2.24) is 10.1 Å². The molecule has 29 heavy (non-hydrogen) atoms. The number of hydrogen-bond donors (Lipinski definition) is 1. The van der Waals surface area contributed by atoms with Crippen LogP contribution in [0.15, 0.2) is 10.6 Å². The molecule has 4 rings (SSSR count). The van der Waals surface area contributed by atoms with E-state index in [1.54, 1.807) is 6.92 Å². The second-order valence-electron chi connectivity index (χ2n) is 7.70. The van der Waals surface area contributed by atoms with Crippen LogP contribution in [0.3, 0.4) is 0 Å². The van der Waals surface area contributed by atoms with E-state index in [4.69, 9.17) is 9.26 Å². The largest absolute Gasteiger partial charge is 0.454 e. The second-order valence-corrected chi connectivity index (χ2v) is 9.82. The number of fused-ring (bicyclic) bond motifs is 5. The van der Waals surface area contributed by atoms with Gasteiger partial charge in [0.05, 0.1) is 11.8 Å². The molecule has 3 fully saturated rings. The van der Waals surface area contributed by atoms with E-state index in [1.807, 2.05) is 0 Å². The van der Waals surface area contributed by atoms with Gasteiger partial charge in [0.25, 0.3) is 5.91 Å². The van der Waals surface area contributed by atoms with Crippen molar-refractivity contribution in [2.45, 2.75) is 36.0 Å². The van der Waals surface area contributed by atoms with Crippen LogP contribution in [-0.2, 0) is 23.9 Å². The SMILES string of the molecule is Cc1cc(NC(=O)COC(=O)[C@H](C)N2C(=O)[C@@H]3[C@H]4C[C@@H]([C@@H](Br)[C@H]4Br)[C@H]3C2=O)no1. The Morgan fingerprint density at radius 2 is 1.86 bits per heavy atom. The first-order valence-corrected chi connectivity index (χ1v) is 11.1. The summed E-state index contributed by atoms with van der Waals surface area (Å²) in [5.74, 6) is -2.02. The average Bonchev–Trinajstić information content (AvgIpc) is 3.39. The molecule has 2 bridgehead atoms. The molecule has 0 aromatic carbocycles. The molecular formula is C18H19Br2N3O6. The molecular weight excluding hydrogens is 514 g/mol. The zero-order valence-corrected chi connectivity index (χ0v) is 18.8. The molecule has 0 spiro atoms. The Kier molecular flexibility index (Phi) is 5.30. The molecule has 0 unspecified atom stereocenters. The van der Waals surface area contributed by atoms with Crippen LogP contribution < -0.4 is 5.32 Å². The second kappa shape index (κ2) is 7.50. The van der Waals surface area contributed by atoms with Gasteiger partial charge in [0, 0.05) is 15.7 Å². The van der Waals surface area contributed by atoms with Crippen molar-refractivity contribution in [3.8, 4) is 0 Å². The molecule has 1 aliphatic heterocycles. The van der Waals surface area contributed by atoms with Crippen LogP contribution in [0.25, 0.3) is 0 Å². The van der Waals surface area contributed by atoms with E-state index in [1.165, 1.54) is 13.0 Å². The average molecular weight is 533 g/mol. The Morgan fingerprint density at radius 3 is 2.38 bits per heavy atom. The van der Waals surface area contributed by atoms with E-state index in [2.05, 4.69) is 42.3 Å². The fourth-order valence-electron chi connectivity index (χ4n) is 4.72. The monoisotopic (exact) mass is 531 g/mol. The molecule has 11 heteroatoms. The minimum absolute atomic E-state index is 0.0655. The zero-order valence-electron chi connectivity index (χ0n) is 15.6. The molecule has 3 amide bonds. The van der Waals surface area contributed by atoms with Gasteiger partial charge >= 0.3 is 5.97 Å². The van der Waals surface area contributed by atoms with Crippen LogP contribution in [0.2, 0.25) is 0 Å². The summed E-state index contributed by atoms with van der Waals surface area (Å²) in [7, 11) is 0. The number of carbonyl (C=O) groups is 4. The van der Waals surface area contributed by atoms with Gasteiger partial charge in [-0.1, -0.05) is 37.0 Å². The van der Waals surface area contributed by atoms with Crippen LogP contribution in [0.1, 0.15) is 19.1 Å². The lowest BCUT2D eigenvalue weighted by Crippen LogP contribution is -2.45. The zero-order chi connectivity index (χ0) is 21.0. The topological polar surface area (TPSA) is 119 Å². The smallest absolute Gasteiger partial charge is 0.329 e. The molecule has 2 heterocycles. The predicted octanol–water partition coefficient (Wildman–Crippen LogP) is 1.63. The third kappa shape index (κ3) is 3.31. The summed E-state index contributed by atoms with van der Waals surface area (Å²) in [5, 5.41) is 6.04. The van der Waals surface area contributed by atoms with Crippen LogP contribution in [0, 0.1) is 30.6 Å². The molecule has 7 atom stereocenters. The summed E-state index contributed by atoms with van der Waals surface area (Å²) < 4.78 is 9.85. The molecule has 1 N–H and O–H groups in total. The van der Waals surface area contributed by atoms with E-state index in [0.29, 0.717) is 5.76 Å². The minimum Gasteiger partial charge on any atom is -0.454 e. The van der Waals surface area contributed by atoms with Gasteiger partial charge in [-0.25, -0.2) is 4.79 Å². The maximum Gasteiger partial charge on any atom is 0.329 e. The lowest BCUT2D eigenvalue weighted by molar-refractivity contribution is -0.159. The van der Waals surface area contributed by atoms with Crippen LogP contribution >= 0.6 is 31.9 Å². The summed E-state index contributed by atoms with van der Waals surface area (Å²) in [6.07, 6.45) is 0.813. The van der Waals surface area contributed by atoms with E-state index in [-0.39, 0.29) is 39.1 Å². The van der Waals surface area contributed by atoms with Crippen molar-refractivity contribution in [3.05, 3.63) is 11.8 Å². The van der Waals surface area contributed by atoms with Gasteiger partial charge in [-0.15, -0.1) is 0 Å². The lowest BCUT2D eigenvalue weighted by Gasteiger charge is -2.28. The van der Waals surface area contributed by atoms with Crippen LogP contribution in [0.4, 0.5) is 5.82 Å². The number of esters is 1. The number of carbonyl (C=O) groups excluding carboxylic acids is 4. The number of hydrogen-bond acceptors (Lipinski definition) is 7. The Balaban J connectivity index is 1.37. The Hall–Kier alpha value is -1.75. The maximum absolute atomic E-state index is 12.9. The number of anilines is 1. The summed E-state index contributed by atoms with van der Waals surface area (Å²) in [6.45, 7) is 2.55. The molecule has 9 nitrogen and oxygen atoms in total. The highest BCUT2D eigenvalue weighted by molar-refractivity contribution is 9.12. The predicted molar refractivity (Wildman–Crippen MR) is 106 cm³/mol. The van der Waals surface area contributed by atoms with Gasteiger partial charge in [0.2, 0.25) is 11.8 Å². The molecule has 2 aliphatic carbocycles. The third-order valence-corrected chi connectivity index (χ3v) is 9.20. The van der Waals surface area contributed by atoms with Crippen LogP contribution in [0.5, 0.6) is 0 Å². The van der Waals surface area contributed by atoms with Gasteiger partial charge < -0.3 is 14.6 Å². The highest BCUT2D eigenvalue weighted by atomic mass is 79.9. The van der Waals surface area contributed by atoms with E-state index < -0.39 is 36.4 Å². The molecule has 1 aromatic rings. The fourth-order valence-corrected chi connectivity index (χ4v) is 6.59. The fraction of sp³-hybridized carbons (Fsp3) is 0.611.